The van der Waals surface area contributed by atoms with Crippen LogP contribution in [0.5, 0.6) is 5.75 Å². The number of carbonyl (C=O) groups excluding carboxylic acids is 1. The van der Waals surface area contributed by atoms with Gasteiger partial charge in [-0.3, -0.25) is 4.79 Å². The van der Waals surface area contributed by atoms with Gasteiger partial charge in [-0.15, -0.1) is 0 Å². The van der Waals surface area contributed by atoms with E-state index in [-0.39, 0.29) is 11.7 Å². The van der Waals surface area contributed by atoms with Gasteiger partial charge in [-0.25, -0.2) is 4.39 Å². The number of amides is 1. The van der Waals surface area contributed by atoms with Crippen LogP contribution in [0.1, 0.15) is 36.1 Å². The normalized spacial score (nSPS) is 15.0. The van der Waals surface area contributed by atoms with Gasteiger partial charge in [0.25, 0.3) is 0 Å². The van der Waals surface area contributed by atoms with E-state index in [1.165, 1.54) is 11.0 Å². The molecular formula is C27H28ClFN2O2. The van der Waals surface area contributed by atoms with Gasteiger partial charge in [0.1, 0.15) is 11.6 Å². The smallest absolute Gasteiger partial charge is 0.242 e. The van der Waals surface area contributed by atoms with Crippen molar-refractivity contribution < 1.29 is 13.9 Å². The molecule has 1 aliphatic heterocycles. The van der Waals surface area contributed by atoms with Crippen molar-refractivity contribution in [2.75, 3.05) is 13.7 Å². The first-order valence-electron chi connectivity index (χ1n) is 10.6. The molecule has 3 rings (SSSR count). The Morgan fingerprint density at radius 1 is 1.30 bits per heavy atom. The third-order valence-electron chi connectivity index (χ3n) is 6.02. The van der Waals surface area contributed by atoms with Crippen LogP contribution in [0.15, 0.2) is 73.6 Å². The summed E-state index contributed by atoms with van der Waals surface area (Å²) < 4.78 is 20.5. The van der Waals surface area contributed by atoms with Gasteiger partial charge in [0.2, 0.25) is 5.91 Å². The molecular weight excluding hydrogens is 439 g/mol. The van der Waals surface area contributed by atoms with E-state index in [4.69, 9.17) is 22.1 Å². The molecule has 6 heteroatoms. The molecule has 1 heterocycles. The van der Waals surface area contributed by atoms with Gasteiger partial charge in [0.05, 0.1) is 22.9 Å². The first-order chi connectivity index (χ1) is 15.6. The molecule has 2 N–H and O–H groups in total. The molecule has 2 aromatic carbocycles. The average molecular weight is 467 g/mol. The topological polar surface area (TPSA) is 55.6 Å². The van der Waals surface area contributed by atoms with Crippen LogP contribution in [-0.2, 0) is 16.6 Å². The lowest BCUT2D eigenvalue weighted by Crippen LogP contribution is -2.45. The summed E-state index contributed by atoms with van der Waals surface area (Å²) in [5.41, 5.74) is 7.73. The summed E-state index contributed by atoms with van der Waals surface area (Å²) in [6, 6.07) is 8.29. The molecule has 4 nitrogen and oxygen atoms in total. The molecule has 1 aliphatic rings. The number of nitrogens with two attached hydrogens (primary N) is 1. The van der Waals surface area contributed by atoms with Gasteiger partial charge in [0, 0.05) is 19.0 Å². The fraction of sp³-hybridized carbons (Fsp3) is 0.222. The Morgan fingerprint density at radius 2 is 2.03 bits per heavy atom. The number of ether oxygens (including phenoxy) is 1. The highest BCUT2D eigenvalue weighted by atomic mass is 35.5. The van der Waals surface area contributed by atoms with Crippen molar-refractivity contribution in [1.29, 1.82) is 0 Å². The van der Waals surface area contributed by atoms with Crippen molar-refractivity contribution in [3.63, 3.8) is 0 Å². The second-order valence-corrected chi connectivity index (χ2v) is 8.48. The van der Waals surface area contributed by atoms with E-state index in [0.29, 0.717) is 46.1 Å². The number of benzene rings is 2. The molecule has 33 heavy (non-hydrogen) atoms. The lowest BCUT2D eigenvalue weighted by molar-refractivity contribution is -0.132. The van der Waals surface area contributed by atoms with Crippen LogP contribution in [0, 0.1) is 5.82 Å². The number of fused-ring (bicyclic) bond motifs is 1. The quantitative estimate of drug-likeness (QED) is 0.528. The third-order valence-corrected chi connectivity index (χ3v) is 6.30. The predicted octanol–water partition coefficient (Wildman–Crippen LogP) is 5.75. The first kappa shape index (κ1) is 24.3. The largest absolute Gasteiger partial charge is 0.491 e. The maximum absolute atomic E-state index is 14.9. The summed E-state index contributed by atoms with van der Waals surface area (Å²) >= 11 is 6.52. The van der Waals surface area contributed by atoms with E-state index in [0.717, 1.165) is 5.56 Å². The van der Waals surface area contributed by atoms with Crippen molar-refractivity contribution in [2.45, 2.75) is 25.7 Å². The van der Waals surface area contributed by atoms with Gasteiger partial charge < -0.3 is 15.4 Å². The number of carbonyl (C=O) groups is 1. The lowest BCUT2D eigenvalue weighted by atomic mass is 9.73. The molecule has 0 saturated carbocycles. The van der Waals surface area contributed by atoms with Crippen molar-refractivity contribution in [2.24, 2.45) is 5.73 Å². The molecule has 1 unspecified atom stereocenters. The Hall–Kier alpha value is -3.31. The Labute approximate surface area is 199 Å². The molecule has 0 radical (unpaired) electrons. The van der Waals surface area contributed by atoms with E-state index in [1.807, 2.05) is 19.1 Å². The number of hydrogen-bond acceptors (Lipinski definition) is 3. The van der Waals surface area contributed by atoms with Gasteiger partial charge >= 0.3 is 0 Å². The van der Waals surface area contributed by atoms with Crippen molar-refractivity contribution >= 4 is 23.1 Å². The van der Waals surface area contributed by atoms with Crippen molar-refractivity contribution in [3.05, 3.63) is 107 Å². The third kappa shape index (κ3) is 4.46. The number of rotatable bonds is 7. The summed E-state index contributed by atoms with van der Waals surface area (Å²) in [5, 5.41) is 0.426. The second-order valence-electron chi connectivity index (χ2n) is 8.07. The van der Waals surface area contributed by atoms with Crippen LogP contribution in [-0.4, -0.2) is 24.5 Å². The highest BCUT2D eigenvalue weighted by Gasteiger charge is 2.41. The van der Waals surface area contributed by atoms with Gasteiger partial charge in [-0.05, 0) is 54.3 Å². The molecule has 2 aromatic rings. The Morgan fingerprint density at radius 3 is 2.67 bits per heavy atom. The molecule has 0 saturated heterocycles. The lowest BCUT2D eigenvalue weighted by Gasteiger charge is -2.34. The van der Waals surface area contributed by atoms with Crippen LogP contribution < -0.4 is 10.5 Å². The molecule has 0 aliphatic carbocycles. The van der Waals surface area contributed by atoms with Gasteiger partial charge in [-0.2, -0.15) is 0 Å². The zero-order valence-corrected chi connectivity index (χ0v) is 19.9. The molecule has 0 bridgehead atoms. The summed E-state index contributed by atoms with van der Waals surface area (Å²) in [6.07, 6.45) is 7.69. The maximum Gasteiger partial charge on any atom is 0.242 e. The SMILES string of the molecule is C=C/C(=C\C=C/C)c1cc(C(C)(C(=O)N(C)C(=C)N)c2cc(Cl)c3c(c2)CCO3)ccc1F. The minimum absolute atomic E-state index is 0.101. The number of nitrogens with zero attached hydrogens (tertiary/aromatic N) is 1. The number of allylic oxidation sites excluding steroid dienone is 5. The standard InChI is InChI=1S/C27H28ClFN2O2/c1-6-8-9-18(7-2)22-15-20(10-11-24(22)29)27(4,26(32)31(5)17(3)30)21-14-19-12-13-33-25(19)23(28)16-21/h6-11,14-16H,2-3,12-13,30H2,1,4-5H3/b8-6-,18-9+. The molecule has 0 spiro atoms. The number of likely N-dealkylation sites (N-methyl/N-ethyl adjacent to an activating group) is 1. The van der Waals surface area contributed by atoms with Crippen LogP contribution in [0.4, 0.5) is 4.39 Å². The number of halogens is 2. The van der Waals surface area contributed by atoms with Crippen LogP contribution >= 0.6 is 11.6 Å². The maximum atomic E-state index is 14.9. The van der Waals surface area contributed by atoms with E-state index in [9.17, 15) is 9.18 Å². The number of hydrogen-bond donors (Lipinski definition) is 1. The zero-order valence-electron chi connectivity index (χ0n) is 19.1. The van der Waals surface area contributed by atoms with E-state index in [1.54, 1.807) is 50.4 Å². The molecule has 0 fully saturated rings. The van der Waals surface area contributed by atoms with Crippen LogP contribution in [0.25, 0.3) is 5.57 Å². The Kier molecular flexibility index (Phi) is 7.13. The molecule has 172 valence electrons. The van der Waals surface area contributed by atoms with Gasteiger partial charge in [-0.1, -0.05) is 61.2 Å². The second kappa shape index (κ2) is 9.67. The zero-order chi connectivity index (χ0) is 24.3. The predicted molar refractivity (Wildman–Crippen MR) is 133 cm³/mol. The molecule has 1 atom stereocenters. The van der Waals surface area contributed by atoms with Crippen molar-refractivity contribution in [1.82, 2.24) is 4.90 Å². The molecule has 0 aromatic heterocycles. The average Bonchev–Trinajstić information content (AvgIpc) is 3.28. The summed E-state index contributed by atoms with van der Waals surface area (Å²) in [7, 11) is 1.56. The van der Waals surface area contributed by atoms with E-state index in [2.05, 4.69) is 13.2 Å². The fourth-order valence-corrected chi connectivity index (χ4v) is 4.25. The highest BCUT2D eigenvalue weighted by Crippen LogP contribution is 2.42. The Bertz CT molecular complexity index is 1180. The fourth-order valence-electron chi connectivity index (χ4n) is 3.95. The van der Waals surface area contributed by atoms with Crippen LogP contribution in [0.3, 0.4) is 0 Å². The first-order valence-corrected chi connectivity index (χ1v) is 11.0. The van der Waals surface area contributed by atoms with E-state index < -0.39 is 11.2 Å². The van der Waals surface area contributed by atoms with Gasteiger partial charge in [0.15, 0.2) is 0 Å². The summed E-state index contributed by atoms with van der Waals surface area (Å²) in [6.45, 7) is 11.7. The summed E-state index contributed by atoms with van der Waals surface area (Å²) in [5.74, 6) is -0.00000620. The monoisotopic (exact) mass is 466 g/mol. The Balaban J connectivity index is 2.29. The summed E-state index contributed by atoms with van der Waals surface area (Å²) in [4.78, 5) is 15.1. The highest BCUT2D eigenvalue weighted by molar-refractivity contribution is 6.32. The van der Waals surface area contributed by atoms with Crippen molar-refractivity contribution in [3.8, 4) is 5.75 Å². The van der Waals surface area contributed by atoms with E-state index >= 15 is 0 Å². The minimum atomic E-state index is -1.23. The minimum Gasteiger partial charge on any atom is -0.491 e. The van der Waals surface area contributed by atoms with Crippen LogP contribution in [0.2, 0.25) is 5.02 Å². The molecule has 1 amide bonds.